The molecule has 198 valence electrons. The number of thiazole rings is 1. The van der Waals surface area contributed by atoms with Crippen LogP contribution in [0.1, 0.15) is 47.8 Å². The van der Waals surface area contributed by atoms with Gasteiger partial charge in [-0.3, -0.25) is 9.36 Å². The van der Waals surface area contributed by atoms with Crippen LogP contribution in [0.4, 0.5) is 0 Å². The third-order valence-electron chi connectivity index (χ3n) is 5.89. The number of aromatic nitrogens is 1. The lowest BCUT2D eigenvalue weighted by Crippen LogP contribution is -2.40. The van der Waals surface area contributed by atoms with E-state index < -0.39 is 18.0 Å². The number of esters is 1. The molecule has 0 spiro atoms. The number of methoxy groups -OCH3 is 1. The number of fused-ring (bicyclic) bond motifs is 1. The van der Waals surface area contributed by atoms with E-state index in [1.165, 1.54) is 35.1 Å². The second-order valence-corrected chi connectivity index (χ2v) is 9.53. The van der Waals surface area contributed by atoms with Crippen molar-refractivity contribution in [1.82, 2.24) is 4.57 Å². The number of hydrogen-bond acceptors (Lipinski definition) is 8. The summed E-state index contributed by atoms with van der Waals surface area (Å²) in [5.41, 5.74) is 1.83. The summed E-state index contributed by atoms with van der Waals surface area (Å²) in [7, 11) is 1.52. The minimum atomic E-state index is -1.03. The van der Waals surface area contributed by atoms with Gasteiger partial charge in [-0.05, 0) is 43.2 Å². The van der Waals surface area contributed by atoms with Crippen LogP contribution in [-0.4, -0.2) is 48.5 Å². The van der Waals surface area contributed by atoms with Crippen LogP contribution in [-0.2, 0) is 14.3 Å². The quantitative estimate of drug-likeness (QED) is 0.313. The van der Waals surface area contributed by atoms with Crippen molar-refractivity contribution < 1.29 is 28.9 Å². The molecule has 0 amide bonds. The number of carboxylic acids is 1. The molecule has 0 saturated heterocycles. The van der Waals surface area contributed by atoms with Gasteiger partial charge in [0.15, 0.2) is 4.80 Å². The minimum Gasteiger partial charge on any atom is -0.493 e. The van der Waals surface area contributed by atoms with E-state index >= 15 is 0 Å². The Morgan fingerprint density at radius 3 is 2.53 bits per heavy atom. The average molecular weight is 537 g/mol. The highest BCUT2D eigenvalue weighted by molar-refractivity contribution is 7.07. The molecule has 1 aliphatic heterocycles. The van der Waals surface area contributed by atoms with Gasteiger partial charge in [0.05, 0.1) is 34.6 Å². The Labute approximate surface area is 222 Å². The number of nitrogens with zero attached hydrogens (tertiary/aromatic N) is 2. The van der Waals surface area contributed by atoms with Crippen LogP contribution in [0.15, 0.2) is 69.6 Å². The first-order chi connectivity index (χ1) is 18.3. The van der Waals surface area contributed by atoms with Gasteiger partial charge < -0.3 is 19.3 Å². The fraction of sp³-hybridized carbons (Fsp3) is 0.286. The molecular formula is C28H28N2O7S. The standard InChI is InChI=1S/C28H28N2O7S/c1-4-13-36-21-8-6-5-7-20(21)24-23(27(34)37-15-14-35-3)17(2)29-28-30(24)25(31)22(38-28)16-18-9-11-19(12-10-18)26(32)33/h5-12,16,24H,4,13-15H2,1-3H3,(H,32,33)/b22-16+/t24-/m0/s1. The Bertz CT molecular complexity index is 1550. The second-order valence-electron chi connectivity index (χ2n) is 8.52. The van der Waals surface area contributed by atoms with E-state index in [1.807, 2.05) is 31.2 Å². The van der Waals surface area contributed by atoms with Crippen LogP contribution < -0.4 is 19.6 Å². The fourth-order valence-corrected chi connectivity index (χ4v) is 5.14. The summed E-state index contributed by atoms with van der Waals surface area (Å²) in [5.74, 6) is -1.05. The van der Waals surface area contributed by atoms with E-state index in [2.05, 4.69) is 4.99 Å². The maximum Gasteiger partial charge on any atom is 0.338 e. The van der Waals surface area contributed by atoms with Crippen molar-refractivity contribution in [2.75, 3.05) is 26.9 Å². The molecule has 1 aliphatic rings. The summed E-state index contributed by atoms with van der Waals surface area (Å²) in [6, 6.07) is 12.7. The molecular weight excluding hydrogens is 508 g/mol. The zero-order chi connectivity index (χ0) is 27.2. The molecule has 0 aliphatic carbocycles. The number of carbonyl (C=O) groups excluding carboxylic acids is 1. The number of allylic oxidation sites excluding steroid dienone is 1. The minimum absolute atomic E-state index is 0.0591. The summed E-state index contributed by atoms with van der Waals surface area (Å²) in [5, 5.41) is 9.16. The molecule has 9 nitrogen and oxygen atoms in total. The lowest BCUT2D eigenvalue weighted by molar-refractivity contribution is -0.140. The molecule has 1 atom stereocenters. The molecule has 2 heterocycles. The van der Waals surface area contributed by atoms with E-state index in [0.717, 1.165) is 6.42 Å². The third kappa shape index (κ3) is 5.61. The normalized spacial score (nSPS) is 15.1. The zero-order valence-corrected chi connectivity index (χ0v) is 22.1. The van der Waals surface area contributed by atoms with Gasteiger partial charge >= 0.3 is 11.9 Å². The number of hydrogen-bond donors (Lipinski definition) is 1. The number of aromatic carboxylic acids is 1. The predicted octanol–water partition coefficient (Wildman–Crippen LogP) is 2.91. The van der Waals surface area contributed by atoms with Crippen molar-refractivity contribution >= 4 is 29.4 Å². The zero-order valence-electron chi connectivity index (χ0n) is 21.3. The average Bonchev–Trinajstić information content (AvgIpc) is 3.21. The van der Waals surface area contributed by atoms with Crippen molar-refractivity contribution in [2.24, 2.45) is 4.99 Å². The molecule has 3 aromatic rings. The second kappa shape index (κ2) is 12.0. The van der Waals surface area contributed by atoms with Gasteiger partial charge in [-0.1, -0.05) is 48.6 Å². The number of rotatable bonds is 10. The van der Waals surface area contributed by atoms with Crippen LogP contribution in [0.3, 0.4) is 0 Å². The van der Waals surface area contributed by atoms with E-state index in [1.54, 1.807) is 25.1 Å². The molecule has 0 unspecified atom stereocenters. The number of para-hydroxylation sites is 1. The van der Waals surface area contributed by atoms with Gasteiger partial charge in [0.2, 0.25) is 0 Å². The van der Waals surface area contributed by atoms with Crippen molar-refractivity contribution in [3.63, 3.8) is 0 Å². The summed E-state index contributed by atoms with van der Waals surface area (Å²) in [4.78, 5) is 43.3. The van der Waals surface area contributed by atoms with E-state index in [4.69, 9.17) is 19.3 Å². The molecule has 0 fully saturated rings. The monoisotopic (exact) mass is 536 g/mol. The van der Waals surface area contributed by atoms with Gasteiger partial charge in [-0.15, -0.1) is 0 Å². The molecule has 0 bridgehead atoms. The Hall–Kier alpha value is -4.02. The molecule has 2 aromatic carbocycles. The lowest BCUT2D eigenvalue weighted by atomic mass is 9.95. The van der Waals surface area contributed by atoms with Crippen molar-refractivity contribution in [3.05, 3.63) is 96.2 Å². The van der Waals surface area contributed by atoms with Crippen LogP contribution in [0.25, 0.3) is 6.08 Å². The van der Waals surface area contributed by atoms with E-state index in [-0.39, 0.29) is 29.9 Å². The van der Waals surface area contributed by atoms with Gasteiger partial charge in [0.25, 0.3) is 5.56 Å². The molecule has 1 aromatic heterocycles. The molecule has 10 heteroatoms. The first kappa shape index (κ1) is 27.0. The van der Waals surface area contributed by atoms with Gasteiger partial charge in [0, 0.05) is 12.7 Å². The Morgan fingerprint density at radius 1 is 1.11 bits per heavy atom. The van der Waals surface area contributed by atoms with Crippen LogP contribution in [0.2, 0.25) is 0 Å². The van der Waals surface area contributed by atoms with Crippen molar-refractivity contribution in [3.8, 4) is 5.75 Å². The highest BCUT2D eigenvalue weighted by Crippen LogP contribution is 2.35. The number of carbonyl (C=O) groups is 2. The molecule has 38 heavy (non-hydrogen) atoms. The topological polar surface area (TPSA) is 116 Å². The fourth-order valence-electron chi connectivity index (χ4n) is 4.10. The summed E-state index contributed by atoms with van der Waals surface area (Å²) >= 11 is 1.19. The highest BCUT2D eigenvalue weighted by atomic mass is 32.1. The Kier molecular flexibility index (Phi) is 8.55. The maximum absolute atomic E-state index is 13.8. The van der Waals surface area contributed by atoms with E-state index in [9.17, 15) is 14.4 Å². The van der Waals surface area contributed by atoms with Gasteiger partial charge in [0.1, 0.15) is 18.4 Å². The molecule has 4 rings (SSSR count). The SMILES string of the molecule is CCCOc1ccccc1[C@H]1C(C(=O)OCCOC)=C(C)N=c2s/c(=C/c3ccc(C(=O)O)cc3)c(=O)n21. The number of ether oxygens (including phenoxy) is 3. The molecule has 0 saturated carbocycles. The van der Waals surface area contributed by atoms with Crippen molar-refractivity contribution in [1.29, 1.82) is 0 Å². The third-order valence-corrected chi connectivity index (χ3v) is 6.88. The number of benzene rings is 2. The van der Waals surface area contributed by atoms with Crippen molar-refractivity contribution in [2.45, 2.75) is 26.3 Å². The van der Waals surface area contributed by atoms with Crippen LogP contribution in [0.5, 0.6) is 5.75 Å². The van der Waals surface area contributed by atoms with Gasteiger partial charge in [-0.2, -0.15) is 0 Å². The number of carboxylic acid groups (broad SMARTS) is 1. The Morgan fingerprint density at radius 2 is 1.84 bits per heavy atom. The molecule has 1 N–H and O–H groups in total. The molecule has 0 radical (unpaired) electrons. The summed E-state index contributed by atoms with van der Waals surface area (Å²) in [6.45, 7) is 4.48. The summed E-state index contributed by atoms with van der Waals surface area (Å²) in [6.07, 6.45) is 2.47. The predicted molar refractivity (Wildman–Crippen MR) is 142 cm³/mol. The first-order valence-electron chi connectivity index (χ1n) is 12.1. The first-order valence-corrected chi connectivity index (χ1v) is 12.9. The van der Waals surface area contributed by atoms with Crippen LogP contribution >= 0.6 is 11.3 Å². The van der Waals surface area contributed by atoms with E-state index in [0.29, 0.717) is 38.5 Å². The largest absolute Gasteiger partial charge is 0.493 e. The van der Waals surface area contributed by atoms with Gasteiger partial charge in [-0.25, -0.2) is 14.6 Å². The Balaban J connectivity index is 1.88. The smallest absolute Gasteiger partial charge is 0.338 e. The maximum atomic E-state index is 13.8. The van der Waals surface area contributed by atoms with Crippen LogP contribution in [0, 0.1) is 0 Å². The highest BCUT2D eigenvalue weighted by Gasteiger charge is 2.35. The summed E-state index contributed by atoms with van der Waals surface area (Å²) < 4.78 is 18.4. The lowest BCUT2D eigenvalue weighted by Gasteiger charge is -2.26.